The van der Waals surface area contributed by atoms with Gasteiger partial charge in [-0.1, -0.05) is 12.2 Å². The SMILES string of the molecule is CCn1nc(C)cc1C(=O)Nc1nc2cc(C(N)=O)cc(OCCCO)c2n1C/C=C/Cn1c2nc(-c3cc(C)nn3CC)ncc2c2cc(C(N)=O)cc(OCCOCCOCCC(=O)OC(C)(C)C)c21. The summed E-state index contributed by atoms with van der Waals surface area (Å²) in [5.74, 6) is -0.922. The number of amides is 3. The number of aliphatic hydroxyl groups excluding tert-OH is 1. The van der Waals surface area contributed by atoms with E-state index in [9.17, 15) is 24.3 Å². The molecule has 72 heavy (non-hydrogen) atoms. The monoisotopic (exact) mass is 990 g/mol. The Labute approximate surface area is 415 Å². The molecule has 22 heteroatoms. The smallest absolute Gasteiger partial charge is 0.308 e. The van der Waals surface area contributed by atoms with Crippen molar-refractivity contribution in [2.45, 2.75) is 93.1 Å². The predicted molar refractivity (Wildman–Crippen MR) is 268 cm³/mol. The van der Waals surface area contributed by atoms with Crippen LogP contribution in [-0.4, -0.2) is 124 Å². The fourth-order valence-corrected chi connectivity index (χ4v) is 8.06. The molecule has 0 aliphatic rings. The highest BCUT2D eigenvalue weighted by Gasteiger charge is 2.24. The molecule has 0 radical (unpaired) electrons. The summed E-state index contributed by atoms with van der Waals surface area (Å²) >= 11 is 0. The van der Waals surface area contributed by atoms with E-state index in [1.165, 1.54) is 12.1 Å². The highest BCUT2D eigenvalue weighted by molar-refractivity contribution is 6.12. The standard InChI is InChI=1S/C50H62N12O10/c1-8-61-37(23-30(3)57-61)46-53-29-35-34-25-32(44(51)65)27-39(71-22-21-69-20-19-68-18-13-41(64)72-50(5,6)7)42(34)59(47(35)55-46)14-10-11-15-60-43-36(26-33(45(52)66)28-40(43)70-17-12-16-63)54-49(60)56-48(67)38-24-31(4)58-62(38)9-2/h10-11,23-29,63H,8-9,12-22H2,1-7H3,(H2,51,65)(H2,52,66)(H,54,56,67)/b11-10+. The summed E-state index contributed by atoms with van der Waals surface area (Å²) in [5.41, 5.74) is 15.9. The lowest BCUT2D eigenvalue weighted by atomic mass is 10.1. The Morgan fingerprint density at radius 2 is 1.36 bits per heavy atom. The summed E-state index contributed by atoms with van der Waals surface area (Å²) in [6, 6.07) is 9.93. The van der Waals surface area contributed by atoms with Gasteiger partial charge in [-0.25, -0.2) is 15.0 Å². The quantitative estimate of drug-likeness (QED) is 0.0323. The lowest BCUT2D eigenvalue weighted by Crippen LogP contribution is -2.24. The van der Waals surface area contributed by atoms with Crippen LogP contribution in [0.3, 0.4) is 0 Å². The van der Waals surface area contributed by atoms with E-state index in [0.717, 1.165) is 11.4 Å². The molecule has 0 saturated carbocycles. The number of allylic oxidation sites excluding steroid dienone is 2. The van der Waals surface area contributed by atoms with Crippen LogP contribution in [0.5, 0.6) is 11.5 Å². The summed E-state index contributed by atoms with van der Waals surface area (Å²) in [7, 11) is 0. The molecule has 0 spiro atoms. The van der Waals surface area contributed by atoms with E-state index in [4.69, 9.17) is 50.1 Å². The van der Waals surface area contributed by atoms with Gasteiger partial charge in [-0.15, -0.1) is 0 Å². The fourth-order valence-electron chi connectivity index (χ4n) is 8.06. The molecular weight excluding hydrogens is 929 g/mol. The molecule has 5 aromatic heterocycles. The highest BCUT2D eigenvalue weighted by atomic mass is 16.6. The molecule has 0 bridgehead atoms. The topological polar surface area (TPSA) is 283 Å². The zero-order valence-corrected chi connectivity index (χ0v) is 41.7. The van der Waals surface area contributed by atoms with Crippen LogP contribution in [0, 0.1) is 13.8 Å². The first kappa shape index (κ1) is 52.1. The Hall–Kier alpha value is -7.69. The number of nitrogens with two attached hydrogens (primary N) is 2. The lowest BCUT2D eigenvalue weighted by molar-refractivity contribution is -0.156. The number of aliphatic hydroxyl groups is 1. The highest BCUT2D eigenvalue weighted by Crippen LogP contribution is 2.37. The first-order valence-corrected chi connectivity index (χ1v) is 23.8. The lowest BCUT2D eigenvalue weighted by Gasteiger charge is -2.19. The number of carbonyl (C=O) groups excluding carboxylic acids is 4. The second-order valence-electron chi connectivity index (χ2n) is 17.8. The van der Waals surface area contributed by atoms with Crippen LogP contribution in [-0.2, 0) is 45.2 Å². The number of hydrogen-bond donors (Lipinski definition) is 4. The molecule has 0 aliphatic carbocycles. The number of aryl methyl sites for hydroxylation is 4. The molecule has 0 unspecified atom stereocenters. The van der Waals surface area contributed by atoms with Crippen molar-refractivity contribution in [1.29, 1.82) is 0 Å². The van der Waals surface area contributed by atoms with Gasteiger partial charge in [0.15, 0.2) is 5.82 Å². The summed E-state index contributed by atoms with van der Waals surface area (Å²) in [6.45, 7) is 15.4. The number of primary amides is 2. The van der Waals surface area contributed by atoms with E-state index in [1.807, 2.05) is 69.0 Å². The average Bonchev–Trinajstić information content (AvgIpc) is 4.09. The Morgan fingerprint density at radius 3 is 2.04 bits per heavy atom. The number of nitrogens with zero attached hydrogens (tertiary/aromatic N) is 9. The maximum Gasteiger partial charge on any atom is 0.308 e. The predicted octanol–water partition coefficient (Wildman–Crippen LogP) is 5.26. The minimum atomic E-state index is -0.698. The zero-order chi connectivity index (χ0) is 51.7. The first-order chi connectivity index (χ1) is 34.5. The number of esters is 1. The molecule has 5 heterocycles. The third-order valence-electron chi connectivity index (χ3n) is 11.2. The second kappa shape index (κ2) is 23.0. The van der Waals surface area contributed by atoms with Crippen molar-refractivity contribution in [3.05, 3.63) is 83.0 Å². The summed E-state index contributed by atoms with van der Waals surface area (Å²) < 4.78 is 36.3. The number of fused-ring (bicyclic) bond motifs is 4. The first-order valence-electron chi connectivity index (χ1n) is 23.8. The van der Waals surface area contributed by atoms with Crippen LogP contribution in [0.25, 0.3) is 44.5 Å². The minimum Gasteiger partial charge on any atom is -0.491 e. The Bertz CT molecular complexity index is 3140. The van der Waals surface area contributed by atoms with Crippen LogP contribution in [0.15, 0.2) is 54.7 Å². The van der Waals surface area contributed by atoms with Gasteiger partial charge >= 0.3 is 5.97 Å². The van der Waals surface area contributed by atoms with Gasteiger partial charge in [0, 0.05) is 67.3 Å². The number of rotatable bonds is 25. The van der Waals surface area contributed by atoms with Crippen LogP contribution >= 0.6 is 0 Å². The van der Waals surface area contributed by atoms with Crippen molar-refractivity contribution in [1.82, 2.24) is 43.6 Å². The van der Waals surface area contributed by atoms with E-state index in [0.29, 0.717) is 75.4 Å². The Kier molecular flexibility index (Phi) is 16.7. The Morgan fingerprint density at radius 1 is 0.736 bits per heavy atom. The Balaban J connectivity index is 1.23. The molecular formula is C50H62N12O10. The third kappa shape index (κ3) is 12.2. The molecule has 0 aliphatic heterocycles. The maximum absolute atomic E-state index is 13.9. The average molecular weight is 991 g/mol. The number of anilines is 1. The van der Waals surface area contributed by atoms with Crippen LogP contribution in [0.2, 0.25) is 0 Å². The van der Waals surface area contributed by atoms with Gasteiger partial charge in [-0.05, 0) is 84.9 Å². The van der Waals surface area contributed by atoms with Gasteiger partial charge in [0.05, 0.1) is 61.9 Å². The molecule has 6 N–H and O–H groups in total. The number of aromatic nitrogens is 9. The molecule has 0 fully saturated rings. The van der Waals surface area contributed by atoms with Gasteiger partial charge in [-0.3, -0.25) is 33.9 Å². The normalized spacial score (nSPS) is 11.9. The van der Waals surface area contributed by atoms with Gasteiger partial charge in [-0.2, -0.15) is 10.2 Å². The van der Waals surface area contributed by atoms with E-state index in [1.54, 1.807) is 40.6 Å². The molecule has 7 aromatic rings. The van der Waals surface area contributed by atoms with Crippen LogP contribution in [0.1, 0.15) is 90.1 Å². The minimum absolute atomic E-state index is 0.0967. The summed E-state index contributed by atoms with van der Waals surface area (Å²) in [4.78, 5) is 65.8. The number of carbonyl (C=O) groups is 4. The summed E-state index contributed by atoms with van der Waals surface area (Å²) in [5, 5.41) is 22.8. The number of imidazole rings is 1. The van der Waals surface area contributed by atoms with Gasteiger partial charge < -0.3 is 49.4 Å². The second-order valence-corrected chi connectivity index (χ2v) is 17.8. The van der Waals surface area contributed by atoms with Crippen LogP contribution in [0.4, 0.5) is 5.95 Å². The third-order valence-corrected chi connectivity index (χ3v) is 11.2. The van der Waals surface area contributed by atoms with Crippen molar-refractivity contribution >= 4 is 62.6 Å². The maximum atomic E-state index is 13.9. The van der Waals surface area contributed by atoms with Crippen molar-refractivity contribution in [3.8, 4) is 23.0 Å². The molecule has 22 nitrogen and oxygen atoms in total. The fraction of sp³-hybridized carbons (Fsp3) is 0.420. The molecule has 3 amide bonds. The summed E-state index contributed by atoms with van der Waals surface area (Å²) in [6.07, 6.45) is 5.94. The van der Waals surface area contributed by atoms with Gasteiger partial charge in [0.1, 0.15) is 46.3 Å². The van der Waals surface area contributed by atoms with Crippen molar-refractivity contribution in [3.63, 3.8) is 0 Å². The van der Waals surface area contributed by atoms with E-state index >= 15 is 0 Å². The van der Waals surface area contributed by atoms with Gasteiger partial charge in [0.25, 0.3) is 5.91 Å². The zero-order valence-electron chi connectivity index (χ0n) is 41.7. The molecule has 382 valence electrons. The van der Waals surface area contributed by atoms with Crippen LogP contribution < -0.4 is 26.3 Å². The van der Waals surface area contributed by atoms with Crippen molar-refractivity contribution in [2.24, 2.45) is 11.5 Å². The molecule has 0 atom stereocenters. The number of nitrogens with one attached hydrogen (secondary N) is 1. The van der Waals surface area contributed by atoms with Crippen molar-refractivity contribution < 1.29 is 48.0 Å². The largest absolute Gasteiger partial charge is 0.491 e. The molecule has 0 saturated heterocycles. The number of hydrogen-bond acceptors (Lipinski definition) is 15. The molecule has 2 aromatic carbocycles. The van der Waals surface area contributed by atoms with E-state index in [2.05, 4.69) is 15.5 Å². The van der Waals surface area contributed by atoms with Crippen molar-refractivity contribution in [2.75, 3.05) is 51.6 Å². The van der Waals surface area contributed by atoms with Gasteiger partial charge in [0.2, 0.25) is 17.8 Å². The van der Waals surface area contributed by atoms with E-state index < -0.39 is 23.3 Å². The molecule has 7 rings (SSSR count). The van der Waals surface area contributed by atoms with E-state index in [-0.39, 0.29) is 94.6 Å². The number of benzene rings is 2. The number of ether oxygens (including phenoxy) is 5.